The van der Waals surface area contributed by atoms with E-state index in [9.17, 15) is 0 Å². The summed E-state index contributed by atoms with van der Waals surface area (Å²) in [6.07, 6.45) is 0.970. The van der Waals surface area contributed by atoms with Crippen molar-refractivity contribution in [2.45, 2.75) is 59.6 Å². The van der Waals surface area contributed by atoms with Gasteiger partial charge in [0.2, 0.25) is 0 Å². The van der Waals surface area contributed by atoms with Gasteiger partial charge >= 0.3 is 0 Å². The van der Waals surface area contributed by atoms with E-state index in [0.29, 0.717) is 0 Å². The minimum absolute atomic E-state index is 0.0383. The largest absolute Gasteiger partial charge is 0.375 e. The van der Waals surface area contributed by atoms with Gasteiger partial charge in [0.05, 0.1) is 12.2 Å². The van der Waals surface area contributed by atoms with Gasteiger partial charge in [-0.3, -0.25) is 0 Å². The maximum atomic E-state index is 9.11. The molecule has 0 radical (unpaired) electrons. The van der Waals surface area contributed by atoms with Gasteiger partial charge < -0.3 is 9.94 Å². The average molecular weight is 296 g/mol. The molecule has 0 aliphatic rings. The summed E-state index contributed by atoms with van der Waals surface area (Å²) in [6.45, 7) is 13.4. The van der Waals surface area contributed by atoms with Crippen molar-refractivity contribution in [3.8, 4) is 0 Å². The zero-order valence-corrected chi connectivity index (χ0v) is 14.2. The molecule has 0 bridgehead atoms. The normalized spacial score (nSPS) is 14.8. The second kappa shape index (κ2) is 8.69. The molecule has 0 aromatic heterocycles. The van der Waals surface area contributed by atoms with Crippen LogP contribution in [0, 0.1) is 5.41 Å². The van der Waals surface area contributed by atoms with Crippen molar-refractivity contribution >= 4 is 21.6 Å². The fourth-order valence-electron chi connectivity index (χ4n) is 1.36. The fraction of sp³-hybridized carbons (Fsp3) is 1.00. The smallest absolute Gasteiger partial charge is 0.0598 e. The summed E-state index contributed by atoms with van der Waals surface area (Å²) in [6, 6.07) is 0.149. The highest BCUT2D eigenvalue weighted by Gasteiger charge is 2.23. The Balaban J connectivity index is 3.51. The van der Waals surface area contributed by atoms with E-state index in [-0.39, 0.29) is 17.1 Å². The molecular formula is C13H29NO2S2. The van der Waals surface area contributed by atoms with Gasteiger partial charge in [-0.05, 0) is 32.6 Å². The molecule has 0 aliphatic heterocycles. The average Bonchev–Trinajstić information content (AvgIpc) is 2.18. The number of hydroxylamine groups is 1. The third kappa shape index (κ3) is 10.5. The van der Waals surface area contributed by atoms with Gasteiger partial charge in [-0.15, -0.1) is 0 Å². The molecule has 0 aliphatic carbocycles. The topological polar surface area (TPSA) is 41.5 Å². The van der Waals surface area contributed by atoms with E-state index in [1.54, 1.807) is 0 Å². The summed E-state index contributed by atoms with van der Waals surface area (Å²) >= 11 is 0. The second-order valence-electron chi connectivity index (χ2n) is 6.44. The number of hydrogen-bond donors (Lipinski definition) is 2. The van der Waals surface area contributed by atoms with Gasteiger partial charge in [-0.1, -0.05) is 42.4 Å². The van der Waals surface area contributed by atoms with Crippen LogP contribution in [0.3, 0.4) is 0 Å². The lowest BCUT2D eigenvalue weighted by atomic mass is 9.86. The Morgan fingerprint density at radius 1 is 1.06 bits per heavy atom. The highest BCUT2D eigenvalue weighted by atomic mass is 33.1. The predicted molar refractivity (Wildman–Crippen MR) is 83.4 cm³/mol. The van der Waals surface area contributed by atoms with Crippen LogP contribution >= 0.6 is 21.6 Å². The molecule has 110 valence electrons. The van der Waals surface area contributed by atoms with Gasteiger partial charge in [0.15, 0.2) is 0 Å². The lowest BCUT2D eigenvalue weighted by molar-refractivity contribution is 0.00702. The van der Waals surface area contributed by atoms with Crippen LogP contribution in [0.2, 0.25) is 0 Å². The molecule has 0 rings (SSSR count). The highest BCUT2D eigenvalue weighted by Crippen LogP contribution is 2.27. The fourth-order valence-corrected chi connectivity index (χ4v) is 3.28. The number of hydrogen-bond acceptors (Lipinski definition) is 5. The van der Waals surface area contributed by atoms with Crippen LogP contribution < -0.4 is 5.48 Å². The third-order valence-corrected chi connectivity index (χ3v) is 4.88. The molecule has 0 heterocycles. The van der Waals surface area contributed by atoms with Crippen LogP contribution in [0.25, 0.3) is 0 Å². The van der Waals surface area contributed by atoms with Crippen molar-refractivity contribution in [3.05, 3.63) is 0 Å². The molecule has 0 amide bonds. The first-order chi connectivity index (χ1) is 8.17. The minimum atomic E-state index is -0.0383. The van der Waals surface area contributed by atoms with Crippen LogP contribution in [0.5, 0.6) is 0 Å². The van der Waals surface area contributed by atoms with Crippen molar-refractivity contribution in [1.82, 2.24) is 5.48 Å². The van der Waals surface area contributed by atoms with Gasteiger partial charge in [0, 0.05) is 17.5 Å². The SMILES string of the molecule is CC(C)(C)OCCSSCCC(NO)C(C)(C)C. The van der Waals surface area contributed by atoms with Crippen molar-refractivity contribution in [3.63, 3.8) is 0 Å². The molecule has 2 N–H and O–H groups in total. The van der Waals surface area contributed by atoms with Gasteiger partial charge in [0.1, 0.15) is 0 Å². The van der Waals surface area contributed by atoms with Crippen molar-refractivity contribution in [1.29, 1.82) is 0 Å². The molecule has 0 spiro atoms. The summed E-state index contributed by atoms with van der Waals surface area (Å²) in [7, 11) is 3.69. The molecule has 1 unspecified atom stereocenters. The minimum Gasteiger partial charge on any atom is -0.375 e. The highest BCUT2D eigenvalue weighted by molar-refractivity contribution is 8.76. The van der Waals surface area contributed by atoms with Crippen LogP contribution in [0.4, 0.5) is 0 Å². The Labute approximate surface area is 120 Å². The zero-order valence-electron chi connectivity index (χ0n) is 12.6. The quantitative estimate of drug-likeness (QED) is 0.403. The van der Waals surface area contributed by atoms with E-state index >= 15 is 0 Å². The Morgan fingerprint density at radius 2 is 1.61 bits per heavy atom. The number of rotatable bonds is 8. The molecule has 0 aromatic rings. The molecule has 0 saturated carbocycles. The Hall–Kier alpha value is 0.580. The van der Waals surface area contributed by atoms with Crippen LogP contribution in [-0.4, -0.2) is 35.0 Å². The lowest BCUT2D eigenvalue weighted by Crippen LogP contribution is -2.38. The first kappa shape index (κ1) is 18.6. The van der Waals surface area contributed by atoms with E-state index in [1.165, 1.54) is 0 Å². The van der Waals surface area contributed by atoms with Crippen molar-refractivity contribution in [2.24, 2.45) is 5.41 Å². The van der Waals surface area contributed by atoms with Crippen LogP contribution in [-0.2, 0) is 4.74 Å². The molecule has 0 fully saturated rings. The Bertz CT molecular complexity index is 212. The summed E-state index contributed by atoms with van der Waals surface area (Å²) < 4.78 is 5.65. The maximum absolute atomic E-state index is 9.11. The van der Waals surface area contributed by atoms with E-state index in [0.717, 1.165) is 24.5 Å². The monoisotopic (exact) mass is 295 g/mol. The van der Waals surface area contributed by atoms with Gasteiger partial charge in [-0.25, -0.2) is 5.48 Å². The number of ether oxygens (including phenoxy) is 1. The molecule has 5 heteroatoms. The first-order valence-corrected chi connectivity index (χ1v) is 8.93. The molecule has 0 aromatic carbocycles. The van der Waals surface area contributed by atoms with Crippen molar-refractivity contribution < 1.29 is 9.94 Å². The van der Waals surface area contributed by atoms with Gasteiger partial charge in [-0.2, -0.15) is 0 Å². The Kier molecular flexibility index (Phi) is 8.97. The summed E-state index contributed by atoms with van der Waals surface area (Å²) in [5.74, 6) is 2.05. The second-order valence-corrected chi connectivity index (χ2v) is 9.14. The summed E-state index contributed by atoms with van der Waals surface area (Å²) in [4.78, 5) is 0. The lowest BCUT2D eigenvalue weighted by Gasteiger charge is -2.29. The molecule has 0 saturated heterocycles. The standard InChI is InChI=1S/C13H29NO2S2/c1-12(2,3)11(14-15)7-9-17-18-10-8-16-13(4,5)6/h11,14-15H,7-10H2,1-6H3. The molecule has 3 nitrogen and oxygen atoms in total. The van der Waals surface area contributed by atoms with Crippen LogP contribution in [0.15, 0.2) is 0 Å². The van der Waals surface area contributed by atoms with E-state index in [2.05, 4.69) is 47.0 Å². The van der Waals surface area contributed by atoms with E-state index in [4.69, 9.17) is 9.94 Å². The summed E-state index contributed by atoms with van der Waals surface area (Å²) in [5, 5.41) is 9.11. The molecular weight excluding hydrogens is 266 g/mol. The van der Waals surface area contributed by atoms with Crippen molar-refractivity contribution in [2.75, 3.05) is 18.1 Å². The Morgan fingerprint density at radius 3 is 2.06 bits per heavy atom. The first-order valence-electron chi connectivity index (χ1n) is 6.45. The van der Waals surface area contributed by atoms with E-state index < -0.39 is 0 Å². The summed E-state index contributed by atoms with van der Waals surface area (Å²) in [5.41, 5.74) is 2.47. The van der Waals surface area contributed by atoms with Crippen LogP contribution in [0.1, 0.15) is 48.0 Å². The zero-order chi connectivity index (χ0) is 14.2. The predicted octanol–water partition coefficient (Wildman–Crippen LogP) is 3.97. The molecule has 18 heavy (non-hydrogen) atoms. The molecule has 1 atom stereocenters. The van der Waals surface area contributed by atoms with Gasteiger partial charge in [0.25, 0.3) is 0 Å². The maximum Gasteiger partial charge on any atom is 0.0598 e. The number of nitrogens with one attached hydrogen (secondary N) is 1. The van der Waals surface area contributed by atoms with E-state index in [1.807, 2.05) is 21.6 Å². The third-order valence-electron chi connectivity index (χ3n) is 2.48.